The van der Waals surface area contributed by atoms with Gasteiger partial charge in [0.15, 0.2) is 0 Å². The fraction of sp³-hybridized carbons (Fsp3) is 0.692. The average molecular weight is 296 g/mol. The zero-order chi connectivity index (χ0) is 15.2. The molecule has 8 heteroatoms. The lowest BCUT2D eigenvalue weighted by Crippen LogP contribution is -2.48. The summed E-state index contributed by atoms with van der Waals surface area (Å²) in [6.45, 7) is 4.56. The number of esters is 1. The highest BCUT2D eigenvalue weighted by molar-refractivity contribution is 5.90. The second-order valence-electron chi connectivity index (χ2n) is 4.91. The van der Waals surface area contributed by atoms with Crippen LogP contribution in [0.25, 0.3) is 0 Å². The van der Waals surface area contributed by atoms with E-state index in [1.54, 1.807) is 13.8 Å². The lowest BCUT2D eigenvalue weighted by Gasteiger charge is -2.33. The molecule has 116 valence electrons. The molecule has 1 aliphatic rings. The van der Waals surface area contributed by atoms with Crippen LogP contribution in [0.15, 0.2) is 4.42 Å². The number of amides is 1. The first-order valence-electron chi connectivity index (χ1n) is 7.10. The number of carbonyl (C=O) groups is 2. The van der Waals surface area contributed by atoms with Crippen molar-refractivity contribution < 1.29 is 18.7 Å². The van der Waals surface area contributed by atoms with Gasteiger partial charge in [-0.3, -0.25) is 19.8 Å². The number of hydrogen-bond donors (Lipinski definition) is 1. The second-order valence-corrected chi connectivity index (χ2v) is 4.91. The van der Waals surface area contributed by atoms with Crippen molar-refractivity contribution in [1.29, 1.82) is 0 Å². The first-order valence-corrected chi connectivity index (χ1v) is 7.10. The molecular formula is C13H20N4O4. The van der Waals surface area contributed by atoms with E-state index in [9.17, 15) is 9.59 Å². The van der Waals surface area contributed by atoms with Gasteiger partial charge in [-0.05, 0) is 26.3 Å². The molecule has 2 rings (SSSR count). The van der Waals surface area contributed by atoms with Crippen molar-refractivity contribution in [3.63, 3.8) is 0 Å². The molecule has 0 aliphatic carbocycles. The molecule has 1 aromatic heterocycles. The summed E-state index contributed by atoms with van der Waals surface area (Å²) in [4.78, 5) is 25.7. The van der Waals surface area contributed by atoms with Gasteiger partial charge >= 0.3 is 12.0 Å². The summed E-state index contributed by atoms with van der Waals surface area (Å²) >= 11 is 0. The molecule has 1 unspecified atom stereocenters. The van der Waals surface area contributed by atoms with Crippen LogP contribution in [0.2, 0.25) is 0 Å². The van der Waals surface area contributed by atoms with Gasteiger partial charge in [0.25, 0.3) is 0 Å². The molecule has 1 atom stereocenters. The summed E-state index contributed by atoms with van der Waals surface area (Å²) in [6, 6.07) is -0.281. The Labute approximate surface area is 122 Å². The van der Waals surface area contributed by atoms with Crippen molar-refractivity contribution in [2.45, 2.75) is 39.2 Å². The van der Waals surface area contributed by atoms with Crippen LogP contribution in [0, 0.1) is 6.92 Å². The van der Waals surface area contributed by atoms with E-state index >= 15 is 0 Å². The maximum atomic E-state index is 12.0. The van der Waals surface area contributed by atoms with E-state index in [2.05, 4.69) is 15.5 Å². The molecule has 1 saturated heterocycles. The molecule has 1 amide bonds. The smallest absolute Gasteiger partial charge is 0.323 e. The summed E-state index contributed by atoms with van der Waals surface area (Å²) in [5.74, 6) is -0.166. The van der Waals surface area contributed by atoms with Crippen molar-refractivity contribution in [2.24, 2.45) is 0 Å². The SMILES string of the molecule is CCOC(=O)C1CCCCN1CC(=O)Nc1nnc(C)o1. The number of likely N-dealkylation sites (tertiary alicyclic amines) is 1. The Kier molecular flexibility index (Phi) is 5.26. The molecule has 2 heterocycles. The fourth-order valence-corrected chi connectivity index (χ4v) is 2.38. The maximum absolute atomic E-state index is 12.0. The number of aromatic nitrogens is 2. The molecule has 1 fully saturated rings. The third-order valence-electron chi connectivity index (χ3n) is 3.29. The molecule has 0 aromatic carbocycles. The summed E-state index contributed by atoms with van der Waals surface area (Å²) in [5, 5.41) is 9.87. The predicted molar refractivity (Wildman–Crippen MR) is 73.5 cm³/mol. The Balaban J connectivity index is 1.92. The largest absolute Gasteiger partial charge is 0.465 e. The van der Waals surface area contributed by atoms with Crippen LogP contribution in [-0.2, 0) is 14.3 Å². The Morgan fingerprint density at radius 1 is 1.43 bits per heavy atom. The maximum Gasteiger partial charge on any atom is 0.323 e. The zero-order valence-corrected chi connectivity index (χ0v) is 12.3. The van der Waals surface area contributed by atoms with Gasteiger partial charge in [-0.1, -0.05) is 11.5 Å². The first kappa shape index (κ1) is 15.4. The van der Waals surface area contributed by atoms with Crippen molar-refractivity contribution >= 4 is 17.9 Å². The van der Waals surface area contributed by atoms with E-state index in [0.29, 0.717) is 25.5 Å². The van der Waals surface area contributed by atoms with Gasteiger partial charge < -0.3 is 9.15 Å². The van der Waals surface area contributed by atoms with Crippen molar-refractivity contribution in [2.75, 3.05) is 25.0 Å². The van der Waals surface area contributed by atoms with E-state index < -0.39 is 0 Å². The second kappa shape index (κ2) is 7.16. The summed E-state index contributed by atoms with van der Waals surface area (Å²) in [6.07, 6.45) is 2.64. The number of nitrogens with zero attached hydrogens (tertiary/aromatic N) is 3. The number of hydrogen-bond acceptors (Lipinski definition) is 7. The van der Waals surface area contributed by atoms with Crippen LogP contribution in [0.3, 0.4) is 0 Å². The molecule has 0 saturated carbocycles. The number of rotatable bonds is 5. The van der Waals surface area contributed by atoms with Crippen LogP contribution < -0.4 is 5.32 Å². The van der Waals surface area contributed by atoms with Gasteiger partial charge in [0, 0.05) is 6.92 Å². The molecule has 1 N–H and O–H groups in total. The topological polar surface area (TPSA) is 97.6 Å². The number of ether oxygens (including phenoxy) is 1. The zero-order valence-electron chi connectivity index (χ0n) is 12.3. The predicted octanol–water partition coefficient (Wildman–Crippen LogP) is 0.734. The lowest BCUT2D eigenvalue weighted by molar-refractivity contribution is -0.151. The van der Waals surface area contributed by atoms with Crippen LogP contribution >= 0.6 is 0 Å². The highest BCUT2D eigenvalue weighted by Gasteiger charge is 2.31. The Morgan fingerprint density at radius 3 is 2.90 bits per heavy atom. The van der Waals surface area contributed by atoms with Crippen molar-refractivity contribution in [3.8, 4) is 0 Å². The summed E-state index contributed by atoms with van der Waals surface area (Å²) in [7, 11) is 0. The Bertz CT molecular complexity index is 502. The molecule has 1 aromatic rings. The third-order valence-corrected chi connectivity index (χ3v) is 3.29. The minimum Gasteiger partial charge on any atom is -0.465 e. The van der Waals surface area contributed by atoms with E-state index in [-0.39, 0.29) is 30.5 Å². The average Bonchev–Trinajstić information content (AvgIpc) is 2.84. The van der Waals surface area contributed by atoms with Crippen molar-refractivity contribution in [3.05, 3.63) is 5.89 Å². The minimum atomic E-state index is -0.353. The van der Waals surface area contributed by atoms with Gasteiger partial charge in [0.05, 0.1) is 13.2 Å². The molecule has 1 aliphatic heterocycles. The van der Waals surface area contributed by atoms with E-state index in [0.717, 1.165) is 12.8 Å². The first-order chi connectivity index (χ1) is 10.1. The standard InChI is InChI=1S/C13H20N4O4/c1-3-20-12(19)10-6-4-5-7-17(10)8-11(18)14-13-16-15-9(2)21-13/h10H,3-8H2,1-2H3,(H,14,16,18). The molecule has 21 heavy (non-hydrogen) atoms. The van der Waals surface area contributed by atoms with E-state index in [1.165, 1.54) is 0 Å². The van der Waals surface area contributed by atoms with Crippen LogP contribution in [0.1, 0.15) is 32.1 Å². The minimum absolute atomic E-state index is 0.0715. The molecule has 0 radical (unpaired) electrons. The normalized spacial score (nSPS) is 19.2. The fourth-order valence-electron chi connectivity index (χ4n) is 2.38. The number of carbonyl (C=O) groups excluding carboxylic acids is 2. The van der Waals surface area contributed by atoms with E-state index in [4.69, 9.17) is 9.15 Å². The lowest BCUT2D eigenvalue weighted by atomic mass is 10.0. The summed E-state index contributed by atoms with van der Waals surface area (Å²) < 4.78 is 10.2. The van der Waals surface area contributed by atoms with Gasteiger partial charge in [0.2, 0.25) is 11.8 Å². The van der Waals surface area contributed by atoms with Gasteiger partial charge in [0.1, 0.15) is 6.04 Å². The van der Waals surface area contributed by atoms with Gasteiger partial charge in [-0.2, -0.15) is 0 Å². The van der Waals surface area contributed by atoms with Crippen molar-refractivity contribution in [1.82, 2.24) is 15.1 Å². The molecular weight excluding hydrogens is 276 g/mol. The van der Waals surface area contributed by atoms with Gasteiger partial charge in [-0.25, -0.2) is 0 Å². The number of anilines is 1. The third kappa shape index (κ3) is 4.25. The van der Waals surface area contributed by atoms with Crippen LogP contribution in [0.4, 0.5) is 6.01 Å². The molecule has 8 nitrogen and oxygen atoms in total. The van der Waals surface area contributed by atoms with Crippen LogP contribution in [0.5, 0.6) is 0 Å². The molecule has 0 spiro atoms. The molecule has 0 bridgehead atoms. The van der Waals surface area contributed by atoms with Gasteiger partial charge in [-0.15, -0.1) is 5.10 Å². The quantitative estimate of drug-likeness (QED) is 0.800. The monoisotopic (exact) mass is 296 g/mol. The number of piperidine rings is 1. The van der Waals surface area contributed by atoms with E-state index in [1.807, 2.05) is 4.90 Å². The Morgan fingerprint density at radius 2 is 2.24 bits per heavy atom. The Hall–Kier alpha value is -1.96. The van der Waals surface area contributed by atoms with Crippen LogP contribution in [-0.4, -0.2) is 52.7 Å². The number of nitrogens with one attached hydrogen (secondary N) is 1. The summed E-state index contributed by atoms with van der Waals surface area (Å²) in [5.41, 5.74) is 0. The highest BCUT2D eigenvalue weighted by atomic mass is 16.5. The highest BCUT2D eigenvalue weighted by Crippen LogP contribution is 2.18. The number of aryl methyl sites for hydroxylation is 1.